The summed E-state index contributed by atoms with van der Waals surface area (Å²) in [4.78, 5) is 12.1. The van der Waals surface area contributed by atoms with Gasteiger partial charge in [-0.25, -0.2) is 4.68 Å². The van der Waals surface area contributed by atoms with Crippen molar-refractivity contribution < 1.29 is 14.3 Å². The summed E-state index contributed by atoms with van der Waals surface area (Å²) in [6.07, 6.45) is 4.83. The van der Waals surface area contributed by atoms with Crippen molar-refractivity contribution in [3.05, 3.63) is 72.1 Å². The van der Waals surface area contributed by atoms with Crippen LogP contribution in [0.3, 0.4) is 0 Å². The molecule has 1 aliphatic rings. The molecule has 1 aliphatic heterocycles. The van der Waals surface area contributed by atoms with Crippen molar-refractivity contribution in [2.75, 3.05) is 12.1 Å². The molecular weight excluding hydrogens is 332 g/mol. The first-order valence-electron chi connectivity index (χ1n) is 8.09. The zero-order valence-corrected chi connectivity index (χ0v) is 13.8. The number of hydrogen-bond donors (Lipinski definition) is 1. The van der Waals surface area contributed by atoms with E-state index in [0.29, 0.717) is 29.4 Å². The molecule has 0 fully saturated rings. The van der Waals surface area contributed by atoms with Crippen LogP contribution >= 0.6 is 0 Å². The van der Waals surface area contributed by atoms with Gasteiger partial charge in [0.25, 0.3) is 0 Å². The molecule has 0 spiro atoms. The van der Waals surface area contributed by atoms with Crippen LogP contribution in [-0.2, 0) is 11.3 Å². The lowest BCUT2D eigenvalue weighted by Crippen LogP contribution is -2.07. The van der Waals surface area contributed by atoms with Gasteiger partial charge in [-0.3, -0.25) is 4.79 Å². The fourth-order valence-electron chi connectivity index (χ4n) is 2.56. The number of carbonyl (C=O) groups excluding carboxylic acids is 1. The number of aromatic nitrogens is 3. The number of nitrogens with zero attached hydrogens (tertiary/aromatic N) is 3. The van der Waals surface area contributed by atoms with E-state index < -0.39 is 0 Å². The van der Waals surface area contributed by atoms with E-state index in [2.05, 4.69) is 15.6 Å². The summed E-state index contributed by atoms with van der Waals surface area (Å²) in [7, 11) is 0. The monoisotopic (exact) mass is 348 g/mol. The van der Waals surface area contributed by atoms with E-state index in [1.807, 2.05) is 30.3 Å². The zero-order chi connectivity index (χ0) is 17.8. The van der Waals surface area contributed by atoms with Crippen LogP contribution in [0.4, 0.5) is 5.69 Å². The molecule has 4 rings (SSSR count). The number of amides is 1. The number of carbonyl (C=O) groups is 1. The second-order valence-electron chi connectivity index (χ2n) is 5.72. The van der Waals surface area contributed by atoms with Gasteiger partial charge in [0.05, 0.1) is 12.7 Å². The van der Waals surface area contributed by atoms with Gasteiger partial charge < -0.3 is 14.8 Å². The highest BCUT2D eigenvalue weighted by Gasteiger charge is 2.13. The Morgan fingerprint density at radius 2 is 2.00 bits per heavy atom. The van der Waals surface area contributed by atoms with Crippen LogP contribution in [-0.4, -0.2) is 27.7 Å². The van der Waals surface area contributed by atoms with Gasteiger partial charge in [0.15, 0.2) is 11.5 Å². The SMILES string of the molecule is O=C(/C=C/c1cn(Cc2ccccc2)nn1)Nc1ccc2c(c1)OCO2. The zero-order valence-electron chi connectivity index (χ0n) is 13.8. The maximum atomic E-state index is 12.1. The molecule has 1 aromatic heterocycles. The van der Waals surface area contributed by atoms with Crippen molar-refractivity contribution in [2.24, 2.45) is 0 Å². The summed E-state index contributed by atoms with van der Waals surface area (Å²) in [5, 5.41) is 10.9. The van der Waals surface area contributed by atoms with Crippen molar-refractivity contribution in [1.82, 2.24) is 15.0 Å². The normalized spacial score (nSPS) is 12.5. The third-order valence-electron chi connectivity index (χ3n) is 3.79. The van der Waals surface area contributed by atoms with Gasteiger partial charge in [-0.1, -0.05) is 35.5 Å². The number of ether oxygens (including phenoxy) is 2. The van der Waals surface area contributed by atoms with Crippen molar-refractivity contribution in [2.45, 2.75) is 6.54 Å². The molecule has 1 N–H and O–H groups in total. The number of anilines is 1. The van der Waals surface area contributed by atoms with Crippen LogP contribution in [0.5, 0.6) is 11.5 Å². The first-order valence-corrected chi connectivity index (χ1v) is 8.09. The maximum absolute atomic E-state index is 12.1. The summed E-state index contributed by atoms with van der Waals surface area (Å²) < 4.78 is 12.3. The summed E-state index contributed by atoms with van der Waals surface area (Å²) in [6, 6.07) is 15.2. The molecule has 0 radical (unpaired) electrons. The van der Waals surface area contributed by atoms with Gasteiger partial charge in [0, 0.05) is 17.8 Å². The predicted molar refractivity (Wildman–Crippen MR) is 95.8 cm³/mol. The van der Waals surface area contributed by atoms with Gasteiger partial charge in [-0.15, -0.1) is 5.10 Å². The van der Waals surface area contributed by atoms with Gasteiger partial charge in [-0.05, 0) is 23.8 Å². The fourth-order valence-corrected chi connectivity index (χ4v) is 2.56. The van der Waals surface area contributed by atoms with Crippen LogP contribution in [0.2, 0.25) is 0 Å². The topological polar surface area (TPSA) is 78.3 Å². The molecule has 0 bridgehead atoms. The molecule has 0 aliphatic carbocycles. The summed E-state index contributed by atoms with van der Waals surface area (Å²) in [6.45, 7) is 0.830. The van der Waals surface area contributed by atoms with E-state index in [9.17, 15) is 4.79 Å². The predicted octanol–water partition coefficient (Wildman–Crippen LogP) is 2.71. The molecule has 2 aromatic carbocycles. The minimum Gasteiger partial charge on any atom is -0.454 e. The molecule has 0 unspecified atom stereocenters. The van der Waals surface area contributed by atoms with E-state index in [0.717, 1.165) is 5.56 Å². The maximum Gasteiger partial charge on any atom is 0.248 e. The lowest BCUT2D eigenvalue weighted by molar-refractivity contribution is -0.111. The molecule has 26 heavy (non-hydrogen) atoms. The van der Waals surface area contributed by atoms with E-state index >= 15 is 0 Å². The summed E-state index contributed by atoms with van der Waals surface area (Å²) in [5.41, 5.74) is 2.38. The Morgan fingerprint density at radius 3 is 2.88 bits per heavy atom. The molecule has 7 heteroatoms. The Balaban J connectivity index is 1.36. The number of fused-ring (bicyclic) bond motifs is 1. The lowest BCUT2D eigenvalue weighted by Gasteiger charge is -2.03. The van der Waals surface area contributed by atoms with E-state index in [4.69, 9.17) is 9.47 Å². The van der Waals surface area contributed by atoms with Gasteiger partial charge >= 0.3 is 0 Å². The summed E-state index contributed by atoms with van der Waals surface area (Å²) in [5.74, 6) is 1.03. The molecule has 2 heterocycles. The third-order valence-corrected chi connectivity index (χ3v) is 3.79. The number of nitrogens with one attached hydrogen (secondary N) is 1. The van der Waals surface area contributed by atoms with E-state index in [1.54, 1.807) is 35.2 Å². The van der Waals surface area contributed by atoms with Crippen molar-refractivity contribution in [1.29, 1.82) is 0 Å². The lowest BCUT2D eigenvalue weighted by atomic mass is 10.2. The Kier molecular flexibility index (Phi) is 4.34. The molecule has 7 nitrogen and oxygen atoms in total. The second-order valence-corrected chi connectivity index (χ2v) is 5.72. The van der Waals surface area contributed by atoms with Gasteiger partial charge in [-0.2, -0.15) is 0 Å². The largest absolute Gasteiger partial charge is 0.454 e. The third kappa shape index (κ3) is 3.72. The minimum absolute atomic E-state index is 0.200. The molecule has 0 saturated heterocycles. The Hall–Kier alpha value is -3.61. The van der Waals surface area contributed by atoms with Crippen molar-refractivity contribution >= 4 is 17.7 Å². The average Bonchev–Trinajstić information content (AvgIpc) is 3.29. The molecule has 0 saturated carbocycles. The molecule has 0 atom stereocenters. The Bertz CT molecular complexity index is 950. The Morgan fingerprint density at radius 1 is 1.15 bits per heavy atom. The fraction of sp³-hybridized carbons (Fsp3) is 0.105. The quantitative estimate of drug-likeness (QED) is 0.717. The highest BCUT2D eigenvalue weighted by Crippen LogP contribution is 2.34. The molecule has 3 aromatic rings. The first-order chi connectivity index (χ1) is 12.8. The van der Waals surface area contributed by atoms with E-state index in [-0.39, 0.29) is 12.7 Å². The standard InChI is InChI=1S/C19H16N4O3/c24-19(20-15-6-8-17-18(10-15)26-13-25-17)9-7-16-12-23(22-21-16)11-14-4-2-1-3-5-14/h1-10,12H,11,13H2,(H,20,24)/b9-7+. The molecular formula is C19H16N4O3. The molecule has 1 amide bonds. The highest BCUT2D eigenvalue weighted by molar-refractivity contribution is 6.01. The smallest absolute Gasteiger partial charge is 0.248 e. The van der Waals surface area contributed by atoms with Crippen molar-refractivity contribution in [3.8, 4) is 11.5 Å². The van der Waals surface area contributed by atoms with Crippen LogP contribution < -0.4 is 14.8 Å². The van der Waals surface area contributed by atoms with Crippen LogP contribution in [0.25, 0.3) is 6.08 Å². The molecule has 130 valence electrons. The van der Waals surface area contributed by atoms with Crippen LogP contribution in [0, 0.1) is 0 Å². The van der Waals surface area contributed by atoms with Crippen molar-refractivity contribution in [3.63, 3.8) is 0 Å². The van der Waals surface area contributed by atoms with Crippen LogP contribution in [0.1, 0.15) is 11.3 Å². The summed E-state index contributed by atoms with van der Waals surface area (Å²) >= 11 is 0. The number of rotatable bonds is 5. The van der Waals surface area contributed by atoms with Gasteiger partial charge in [0.2, 0.25) is 12.7 Å². The number of benzene rings is 2. The highest BCUT2D eigenvalue weighted by atomic mass is 16.7. The van der Waals surface area contributed by atoms with Crippen LogP contribution in [0.15, 0.2) is 60.8 Å². The first kappa shape index (κ1) is 15.9. The Labute approximate surface area is 149 Å². The number of hydrogen-bond acceptors (Lipinski definition) is 5. The average molecular weight is 348 g/mol. The second kappa shape index (κ2) is 7.10. The minimum atomic E-state index is -0.263. The van der Waals surface area contributed by atoms with Gasteiger partial charge in [0.1, 0.15) is 5.69 Å². The van der Waals surface area contributed by atoms with E-state index in [1.165, 1.54) is 6.08 Å².